The van der Waals surface area contributed by atoms with Gasteiger partial charge in [-0.25, -0.2) is 0 Å². The van der Waals surface area contributed by atoms with Crippen molar-refractivity contribution in [2.24, 2.45) is 5.41 Å². The Kier molecular flexibility index (Phi) is 6.42. The van der Waals surface area contributed by atoms with Gasteiger partial charge in [0.15, 0.2) is 6.29 Å². The highest BCUT2D eigenvalue weighted by atomic mass is 32.2. The topological polar surface area (TPSA) is 61.8 Å². The first-order chi connectivity index (χ1) is 11.2. The fraction of sp³-hybridized carbons (Fsp3) is 0.667. The zero-order valence-corrected chi connectivity index (χ0v) is 15.8. The van der Waals surface area contributed by atoms with Crippen LogP contribution in [0.4, 0.5) is 0 Å². The van der Waals surface area contributed by atoms with Crippen LogP contribution in [0.2, 0.25) is 0 Å². The summed E-state index contributed by atoms with van der Waals surface area (Å²) in [6.45, 7) is 8.57. The Hall–Kier alpha value is -0.950. The molecule has 0 spiro atoms. The molecule has 2 atom stereocenters. The summed E-state index contributed by atoms with van der Waals surface area (Å²) in [7, 11) is -3.79. The summed E-state index contributed by atoms with van der Waals surface area (Å²) < 4.78 is 41.6. The maximum absolute atomic E-state index is 12.4. The lowest BCUT2D eigenvalue weighted by Gasteiger charge is -2.34. The SMILES string of the molecule is Cc1ccc(S(=O)(=O)OC[C@H](OC2CCCCO2)C(C)(C)C)cc1. The summed E-state index contributed by atoms with van der Waals surface area (Å²) in [6.07, 6.45) is 2.27. The highest BCUT2D eigenvalue weighted by Gasteiger charge is 2.31. The van der Waals surface area contributed by atoms with Crippen LogP contribution in [0.5, 0.6) is 0 Å². The normalized spacial score (nSPS) is 20.8. The van der Waals surface area contributed by atoms with E-state index >= 15 is 0 Å². The molecule has 5 nitrogen and oxygen atoms in total. The Balaban J connectivity index is 2.02. The maximum atomic E-state index is 12.4. The quantitative estimate of drug-likeness (QED) is 0.728. The van der Waals surface area contributed by atoms with Crippen LogP contribution in [0.3, 0.4) is 0 Å². The predicted octanol–water partition coefficient (Wildman–Crippen LogP) is 3.66. The molecule has 0 N–H and O–H groups in total. The van der Waals surface area contributed by atoms with Crippen molar-refractivity contribution < 1.29 is 22.1 Å². The van der Waals surface area contributed by atoms with Gasteiger partial charge in [-0.05, 0) is 43.7 Å². The fourth-order valence-electron chi connectivity index (χ4n) is 2.42. The van der Waals surface area contributed by atoms with Gasteiger partial charge in [-0.15, -0.1) is 0 Å². The first kappa shape index (κ1) is 19.4. The molecule has 2 rings (SSSR count). The predicted molar refractivity (Wildman–Crippen MR) is 92.2 cm³/mol. The van der Waals surface area contributed by atoms with E-state index < -0.39 is 10.1 Å². The first-order valence-electron chi connectivity index (χ1n) is 8.42. The van der Waals surface area contributed by atoms with Crippen molar-refractivity contribution >= 4 is 10.1 Å². The molecule has 1 heterocycles. The third-order valence-corrected chi connectivity index (χ3v) is 5.40. The number of rotatable bonds is 6. The van der Waals surface area contributed by atoms with Crippen LogP contribution in [-0.4, -0.2) is 34.0 Å². The molecule has 0 aromatic heterocycles. The van der Waals surface area contributed by atoms with Gasteiger partial charge in [-0.1, -0.05) is 38.5 Å². The Bertz CT molecular complexity index is 610. The van der Waals surface area contributed by atoms with E-state index in [1.54, 1.807) is 24.3 Å². The molecular weight excluding hydrogens is 328 g/mol. The van der Waals surface area contributed by atoms with Crippen molar-refractivity contribution in [1.82, 2.24) is 0 Å². The molecule has 1 aliphatic rings. The van der Waals surface area contributed by atoms with E-state index in [4.69, 9.17) is 13.7 Å². The number of benzene rings is 1. The van der Waals surface area contributed by atoms with Crippen LogP contribution < -0.4 is 0 Å². The van der Waals surface area contributed by atoms with E-state index in [-0.39, 0.29) is 29.3 Å². The Morgan fingerprint density at radius 2 is 1.88 bits per heavy atom. The van der Waals surface area contributed by atoms with Crippen molar-refractivity contribution in [3.63, 3.8) is 0 Å². The summed E-state index contributed by atoms with van der Waals surface area (Å²) in [5.41, 5.74) is 0.739. The van der Waals surface area contributed by atoms with Crippen LogP contribution in [0.1, 0.15) is 45.6 Å². The number of hydrogen-bond acceptors (Lipinski definition) is 5. The van der Waals surface area contributed by atoms with Gasteiger partial charge in [0.2, 0.25) is 0 Å². The molecule has 1 aromatic rings. The minimum atomic E-state index is -3.79. The average molecular weight is 356 g/mol. The molecule has 1 unspecified atom stereocenters. The third kappa shape index (κ3) is 5.55. The van der Waals surface area contributed by atoms with Crippen molar-refractivity contribution in [3.8, 4) is 0 Å². The maximum Gasteiger partial charge on any atom is 0.297 e. The van der Waals surface area contributed by atoms with Crippen LogP contribution in [0, 0.1) is 12.3 Å². The number of ether oxygens (including phenoxy) is 2. The van der Waals surface area contributed by atoms with Gasteiger partial charge < -0.3 is 9.47 Å². The molecule has 24 heavy (non-hydrogen) atoms. The van der Waals surface area contributed by atoms with Crippen molar-refractivity contribution in [3.05, 3.63) is 29.8 Å². The largest absolute Gasteiger partial charge is 0.353 e. The first-order valence-corrected chi connectivity index (χ1v) is 9.82. The van der Waals surface area contributed by atoms with E-state index in [1.165, 1.54) is 0 Å². The van der Waals surface area contributed by atoms with Crippen LogP contribution in [-0.2, 0) is 23.8 Å². The Morgan fingerprint density at radius 3 is 2.42 bits per heavy atom. The molecule has 6 heteroatoms. The summed E-state index contributed by atoms with van der Waals surface area (Å²) in [6, 6.07) is 6.62. The molecule has 0 saturated carbocycles. The lowest BCUT2D eigenvalue weighted by atomic mass is 9.89. The van der Waals surface area contributed by atoms with E-state index in [2.05, 4.69) is 0 Å². The van der Waals surface area contributed by atoms with Gasteiger partial charge in [0, 0.05) is 6.61 Å². The lowest BCUT2D eigenvalue weighted by Crippen LogP contribution is -2.39. The second kappa shape index (κ2) is 7.95. The Labute approximate surface area is 145 Å². The number of hydrogen-bond donors (Lipinski definition) is 0. The lowest BCUT2D eigenvalue weighted by molar-refractivity contribution is -0.212. The molecule has 1 aliphatic heterocycles. The zero-order valence-electron chi connectivity index (χ0n) is 14.9. The number of aryl methyl sites for hydroxylation is 1. The monoisotopic (exact) mass is 356 g/mol. The van der Waals surface area contributed by atoms with Gasteiger partial charge in [0.1, 0.15) is 0 Å². The standard InChI is InChI=1S/C18H28O5S/c1-14-8-10-15(11-9-14)24(19,20)22-13-16(18(2,3)4)23-17-7-5-6-12-21-17/h8-11,16-17H,5-7,12-13H2,1-4H3/t16-,17?/m0/s1. The zero-order chi connectivity index (χ0) is 17.8. The van der Waals surface area contributed by atoms with Crippen molar-refractivity contribution in [1.29, 1.82) is 0 Å². The minimum absolute atomic E-state index is 0.0282. The van der Waals surface area contributed by atoms with E-state index in [0.29, 0.717) is 6.61 Å². The van der Waals surface area contributed by atoms with Gasteiger partial charge >= 0.3 is 0 Å². The van der Waals surface area contributed by atoms with E-state index in [1.807, 2.05) is 27.7 Å². The second-order valence-corrected chi connectivity index (χ2v) is 8.95. The third-order valence-electron chi connectivity index (χ3n) is 4.10. The van der Waals surface area contributed by atoms with E-state index in [0.717, 1.165) is 24.8 Å². The molecule has 0 aliphatic carbocycles. The molecule has 1 aromatic carbocycles. The summed E-state index contributed by atoms with van der Waals surface area (Å²) in [5.74, 6) is 0. The molecule has 0 bridgehead atoms. The summed E-state index contributed by atoms with van der Waals surface area (Å²) in [5, 5.41) is 0. The summed E-state index contributed by atoms with van der Waals surface area (Å²) >= 11 is 0. The molecule has 0 radical (unpaired) electrons. The Morgan fingerprint density at radius 1 is 1.21 bits per heavy atom. The van der Waals surface area contributed by atoms with Gasteiger partial charge in [0.25, 0.3) is 10.1 Å². The molecular formula is C18H28O5S. The molecule has 0 amide bonds. The highest BCUT2D eigenvalue weighted by Crippen LogP contribution is 2.27. The fourth-order valence-corrected chi connectivity index (χ4v) is 3.33. The van der Waals surface area contributed by atoms with Crippen LogP contribution in [0.15, 0.2) is 29.2 Å². The minimum Gasteiger partial charge on any atom is -0.353 e. The van der Waals surface area contributed by atoms with Gasteiger partial charge in [-0.2, -0.15) is 8.42 Å². The molecule has 1 fully saturated rings. The van der Waals surface area contributed by atoms with Crippen LogP contribution in [0.25, 0.3) is 0 Å². The van der Waals surface area contributed by atoms with Gasteiger partial charge in [0.05, 0.1) is 17.6 Å². The second-order valence-electron chi connectivity index (χ2n) is 7.34. The van der Waals surface area contributed by atoms with Gasteiger partial charge in [-0.3, -0.25) is 4.18 Å². The van der Waals surface area contributed by atoms with Crippen molar-refractivity contribution in [2.75, 3.05) is 13.2 Å². The summed E-state index contributed by atoms with van der Waals surface area (Å²) in [4.78, 5) is 0.162. The van der Waals surface area contributed by atoms with E-state index in [9.17, 15) is 8.42 Å². The molecule has 1 saturated heterocycles. The average Bonchev–Trinajstić information content (AvgIpc) is 2.52. The van der Waals surface area contributed by atoms with Crippen LogP contribution >= 0.6 is 0 Å². The smallest absolute Gasteiger partial charge is 0.297 e. The molecule has 136 valence electrons. The van der Waals surface area contributed by atoms with Crippen molar-refractivity contribution in [2.45, 2.75) is 64.2 Å². The highest BCUT2D eigenvalue weighted by molar-refractivity contribution is 7.86.